The molecule has 1 aromatic heterocycles. The minimum absolute atomic E-state index is 0.0786. The summed E-state index contributed by atoms with van der Waals surface area (Å²) in [6.07, 6.45) is 1.76. The fourth-order valence-corrected chi connectivity index (χ4v) is 3.43. The van der Waals surface area contributed by atoms with E-state index in [0.29, 0.717) is 11.6 Å². The smallest absolute Gasteiger partial charge is 0.252 e. The lowest BCUT2D eigenvalue weighted by Crippen LogP contribution is -2.51. The van der Waals surface area contributed by atoms with E-state index in [0.717, 1.165) is 30.0 Å². The van der Waals surface area contributed by atoms with Crippen LogP contribution in [-0.2, 0) is 0 Å². The highest BCUT2D eigenvalue weighted by molar-refractivity contribution is 5.97. The van der Waals surface area contributed by atoms with Crippen LogP contribution in [0.25, 0.3) is 10.8 Å². The molecule has 0 spiro atoms. The van der Waals surface area contributed by atoms with E-state index in [9.17, 15) is 4.79 Å². The first-order chi connectivity index (χ1) is 13.1. The minimum atomic E-state index is -0.0941. The Balaban J connectivity index is 1.55. The first kappa shape index (κ1) is 17.5. The molecule has 1 aliphatic rings. The van der Waals surface area contributed by atoms with Crippen LogP contribution in [0.3, 0.4) is 0 Å². The predicted molar refractivity (Wildman–Crippen MR) is 109 cm³/mol. The van der Waals surface area contributed by atoms with Crippen molar-refractivity contribution >= 4 is 22.5 Å². The highest BCUT2D eigenvalue weighted by atomic mass is 16.1. The van der Waals surface area contributed by atoms with Crippen LogP contribution in [0.2, 0.25) is 0 Å². The van der Waals surface area contributed by atoms with Crippen molar-refractivity contribution in [2.45, 2.75) is 25.9 Å². The van der Waals surface area contributed by atoms with Crippen molar-refractivity contribution in [3.8, 4) is 0 Å². The first-order valence-corrected chi connectivity index (χ1v) is 9.34. The summed E-state index contributed by atoms with van der Waals surface area (Å²) in [6, 6.07) is 16.6. The number of anilines is 1. The van der Waals surface area contributed by atoms with E-state index in [-0.39, 0.29) is 11.9 Å². The lowest BCUT2D eigenvalue weighted by atomic mass is 9.99. The molecule has 2 aromatic carbocycles. The topological polar surface area (TPSA) is 66.0 Å². The van der Waals surface area contributed by atoms with Gasteiger partial charge in [0.2, 0.25) is 0 Å². The van der Waals surface area contributed by atoms with E-state index in [1.165, 1.54) is 10.8 Å². The van der Waals surface area contributed by atoms with Gasteiger partial charge in [-0.05, 0) is 41.8 Å². The third-order valence-electron chi connectivity index (χ3n) is 5.12. The maximum atomic E-state index is 12.9. The van der Waals surface area contributed by atoms with Gasteiger partial charge in [-0.15, -0.1) is 0 Å². The number of rotatable bonds is 5. The Morgan fingerprint density at radius 2 is 1.96 bits per heavy atom. The molecular weight excluding hydrogens is 336 g/mol. The number of aryl methyl sites for hydroxylation is 1. The number of pyridine rings is 1. The molecule has 27 heavy (non-hydrogen) atoms. The zero-order chi connectivity index (χ0) is 18.8. The van der Waals surface area contributed by atoms with E-state index in [2.05, 4.69) is 45.2 Å². The first-order valence-electron chi connectivity index (χ1n) is 9.34. The molecule has 0 radical (unpaired) electrons. The summed E-state index contributed by atoms with van der Waals surface area (Å²) < 4.78 is 0. The fourth-order valence-electron chi connectivity index (χ4n) is 3.43. The number of amides is 1. The van der Waals surface area contributed by atoms with Crippen LogP contribution in [0.15, 0.2) is 54.7 Å². The number of nitrogens with one attached hydrogen (secondary N) is 3. The normalized spacial score (nSPS) is 15.2. The zero-order valence-electron chi connectivity index (χ0n) is 15.6. The Morgan fingerprint density at radius 3 is 2.74 bits per heavy atom. The number of carbonyl (C=O) groups excluding carboxylic acids is 1. The second kappa shape index (κ2) is 7.37. The van der Waals surface area contributed by atoms with Crippen LogP contribution in [0.1, 0.15) is 34.5 Å². The molecule has 3 N–H and O–H groups in total. The monoisotopic (exact) mass is 360 g/mol. The minimum Gasteiger partial charge on any atom is -0.365 e. The van der Waals surface area contributed by atoms with Gasteiger partial charge in [-0.3, -0.25) is 4.79 Å². The summed E-state index contributed by atoms with van der Waals surface area (Å²) in [6.45, 7) is 5.79. The van der Waals surface area contributed by atoms with Crippen LogP contribution in [0.5, 0.6) is 0 Å². The molecule has 1 aliphatic heterocycles. The molecule has 5 heteroatoms. The van der Waals surface area contributed by atoms with E-state index < -0.39 is 0 Å². The van der Waals surface area contributed by atoms with E-state index >= 15 is 0 Å². The van der Waals surface area contributed by atoms with Crippen LogP contribution in [-0.4, -0.2) is 30.0 Å². The molecule has 138 valence electrons. The van der Waals surface area contributed by atoms with E-state index in [1.54, 1.807) is 6.20 Å². The molecule has 2 heterocycles. The third-order valence-corrected chi connectivity index (χ3v) is 5.12. The predicted octanol–water partition coefficient (Wildman–Crippen LogP) is 3.42. The van der Waals surface area contributed by atoms with Gasteiger partial charge in [-0.1, -0.05) is 42.5 Å². The Bertz CT molecular complexity index is 976. The van der Waals surface area contributed by atoms with E-state index in [4.69, 9.17) is 0 Å². The molecule has 0 unspecified atom stereocenters. The van der Waals surface area contributed by atoms with Crippen molar-refractivity contribution in [3.05, 3.63) is 71.4 Å². The molecule has 3 aromatic rings. The fraction of sp³-hybridized carbons (Fsp3) is 0.273. The Morgan fingerprint density at radius 1 is 1.19 bits per heavy atom. The van der Waals surface area contributed by atoms with Gasteiger partial charge in [0.05, 0.1) is 12.1 Å². The highest BCUT2D eigenvalue weighted by Gasteiger charge is 2.19. The number of fused-ring (bicyclic) bond motifs is 1. The molecule has 4 rings (SSSR count). The largest absolute Gasteiger partial charge is 0.365 e. The molecular formula is C22H24N4O. The summed E-state index contributed by atoms with van der Waals surface area (Å²) in [5.41, 5.74) is 2.65. The number of aromatic nitrogens is 1. The lowest BCUT2D eigenvalue weighted by molar-refractivity contribution is 0.0939. The molecule has 1 fully saturated rings. The second-order valence-corrected chi connectivity index (χ2v) is 7.15. The van der Waals surface area contributed by atoms with Crippen molar-refractivity contribution in [2.24, 2.45) is 0 Å². The molecule has 1 saturated heterocycles. The Kier molecular flexibility index (Phi) is 4.77. The van der Waals surface area contributed by atoms with Gasteiger partial charge in [0, 0.05) is 24.8 Å². The summed E-state index contributed by atoms with van der Waals surface area (Å²) in [5, 5.41) is 12.1. The van der Waals surface area contributed by atoms with Gasteiger partial charge >= 0.3 is 0 Å². The molecule has 0 bridgehead atoms. The molecule has 1 atom stereocenters. The second-order valence-electron chi connectivity index (χ2n) is 7.15. The Labute approximate surface area is 159 Å². The molecule has 0 aliphatic carbocycles. The Hall–Kier alpha value is -2.92. The average molecular weight is 360 g/mol. The maximum Gasteiger partial charge on any atom is 0.252 e. The quantitative estimate of drug-likeness (QED) is 0.652. The van der Waals surface area contributed by atoms with Gasteiger partial charge in [-0.25, -0.2) is 4.98 Å². The summed E-state index contributed by atoms with van der Waals surface area (Å²) in [5.74, 6) is 0.667. The van der Waals surface area contributed by atoms with Gasteiger partial charge in [0.15, 0.2) is 0 Å². The number of hydrogen-bond acceptors (Lipinski definition) is 4. The number of carbonyl (C=O) groups is 1. The third kappa shape index (κ3) is 3.64. The van der Waals surface area contributed by atoms with Crippen LogP contribution in [0.4, 0.5) is 5.82 Å². The van der Waals surface area contributed by atoms with Crippen molar-refractivity contribution in [1.82, 2.24) is 15.6 Å². The van der Waals surface area contributed by atoms with Gasteiger partial charge in [0.1, 0.15) is 5.82 Å². The van der Waals surface area contributed by atoms with Crippen LogP contribution < -0.4 is 16.0 Å². The maximum absolute atomic E-state index is 12.9. The highest BCUT2D eigenvalue weighted by Crippen LogP contribution is 2.24. The summed E-state index contributed by atoms with van der Waals surface area (Å²) in [4.78, 5) is 17.3. The molecule has 0 saturated carbocycles. The summed E-state index contributed by atoms with van der Waals surface area (Å²) in [7, 11) is 0. The standard InChI is InChI=1S/C22H24N4O/c1-14-11-24-21(26-17-12-23-13-17)10-20(14)22(27)25-15(2)18-9-5-7-16-6-3-4-8-19(16)18/h3-11,15,17,23H,12-13H2,1-2H3,(H,24,26)(H,25,27)/t15-/m1/s1. The molecule has 1 amide bonds. The number of benzene rings is 2. The average Bonchev–Trinajstić information content (AvgIpc) is 2.65. The van der Waals surface area contributed by atoms with Crippen molar-refractivity contribution in [2.75, 3.05) is 18.4 Å². The van der Waals surface area contributed by atoms with Crippen molar-refractivity contribution in [3.63, 3.8) is 0 Å². The molecule has 5 nitrogen and oxygen atoms in total. The summed E-state index contributed by atoms with van der Waals surface area (Å²) >= 11 is 0. The van der Waals surface area contributed by atoms with Gasteiger partial charge in [0.25, 0.3) is 5.91 Å². The number of nitrogens with zero attached hydrogens (tertiary/aromatic N) is 1. The van der Waals surface area contributed by atoms with Crippen molar-refractivity contribution < 1.29 is 4.79 Å². The lowest BCUT2D eigenvalue weighted by Gasteiger charge is -2.28. The van der Waals surface area contributed by atoms with Crippen LogP contribution >= 0.6 is 0 Å². The SMILES string of the molecule is Cc1cnc(NC2CNC2)cc1C(=O)N[C@H](C)c1cccc2ccccc12. The zero-order valence-corrected chi connectivity index (χ0v) is 15.6. The number of hydrogen-bond donors (Lipinski definition) is 3. The van der Waals surface area contributed by atoms with Crippen molar-refractivity contribution in [1.29, 1.82) is 0 Å². The van der Waals surface area contributed by atoms with Gasteiger partial charge < -0.3 is 16.0 Å². The van der Waals surface area contributed by atoms with E-state index in [1.807, 2.05) is 38.1 Å². The van der Waals surface area contributed by atoms with Gasteiger partial charge in [-0.2, -0.15) is 0 Å². The van der Waals surface area contributed by atoms with Crippen LogP contribution in [0, 0.1) is 6.92 Å².